The molecule has 1 unspecified atom stereocenters. The fourth-order valence-corrected chi connectivity index (χ4v) is 2.12. The lowest BCUT2D eigenvalue weighted by atomic mass is 9.71. The molecule has 0 aromatic rings. The lowest BCUT2D eigenvalue weighted by molar-refractivity contribution is -0.127. The summed E-state index contributed by atoms with van der Waals surface area (Å²) in [5.41, 5.74) is -0.635. The average Bonchev–Trinajstić information content (AvgIpc) is 2.00. The standard InChI is InChI=1S/C11H22O2S/c1-8(12)10(2,3)7-11(4,5)9(13)6-14/h9,13-14H,6-7H2,1-5H3. The predicted octanol–water partition coefficient (Wildman–Crippen LogP) is 2.31. The van der Waals surface area contributed by atoms with Crippen molar-refractivity contribution in [2.75, 3.05) is 5.75 Å². The molecule has 0 radical (unpaired) electrons. The van der Waals surface area contributed by atoms with Gasteiger partial charge < -0.3 is 5.11 Å². The third kappa shape index (κ3) is 3.62. The fraction of sp³-hybridized carbons (Fsp3) is 0.909. The molecule has 0 heterocycles. The zero-order chi connectivity index (χ0) is 11.6. The maximum Gasteiger partial charge on any atom is 0.135 e. The van der Waals surface area contributed by atoms with Crippen LogP contribution < -0.4 is 0 Å². The molecule has 0 saturated heterocycles. The summed E-state index contributed by atoms with van der Waals surface area (Å²) < 4.78 is 0. The van der Waals surface area contributed by atoms with E-state index in [1.807, 2.05) is 27.7 Å². The number of ketones is 1. The molecule has 0 amide bonds. The van der Waals surface area contributed by atoms with Crippen LogP contribution in [0.25, 0.3) is 0 Å². The van der Waals surface area contributed by atoms with Crippen LogP contribution in [-0.2, 0) is 4.79 Å². The van der Waals surface area contributed by atoms with Gasteiger partial charge in [0.15, 0.2) is 0 Å². The van der Waals surface area contributed by atoms with E-state index in [1.54, 1.807) is 6.92 Å². The number of aliphatic hydroxyl groups excluding tert-OH is 1. The highest BCUT2D eigenvalue weighted by Crippen LogP contribution is 2.37. The SMILES string of the molecule is CC(=O)C(C)(C)CC(C)(C)C(O)CS. The summed E-state index contributed by atoms with van der Waals surface area (Å²) >= 11 is 4.08. The molecule has 0 aliphatic carbocycles. The van der Waals surface area contributed by atoms with Gasteiger partial charge in [-0.25, -0.2) is 0 Å². The van der Waals surface area contributed by atoms with Crippen molar-refractivity contribution in [1.82, 2.24) is 0 Å². The molecule has 0 aliphatic heterocycles. The fourth-order valence-electron chi connectivity index (χ4n) is 1.63. The molecule has 0 spiro atoms. The summed E-state index contributed by atoms with van der Waals surface area (Å²) in [6, 6.07) is 0. The van der Waals surface area contributed by atoms with Crippen LogP contribution in [0.15, 0.2) is 0 Å². The Balaban J connectivity index is 4.57. The molecule has 0 aromatic heterocycles. The zero-order valence-electron chi connectivity index (χ0n) is 9.79. The van der Waals surface area contributed by atoms with Crippen molar-refractivity contribution in [2.45, 2.75) is 47.1 Å². The molecule has 0 fully saturated rings. The second-order valence-electron chi connectivity index (χ2n) is 5.30. The number of hydrogen-bond acceptors (Lipinski definition) is 3. The first-order chi connectivity index (χ1) is 6.13. The molecule has 14 heavy (non-hydrogen) atoms. The third-order valence-corrected chi connectivity index (χ3v) is 3.27. The van der Waals surface area contributed by atoms with E-state index in [-0.39, 0.29) is 16.6 Å². The highest BCUT2D eigenvalue weighted by molar-refractivity contribution is 7.80. The topological polar surface area (TPSA) is 37.3 Å². The Morgan fingerprint density at radius 3 is 2.07 bits per heavy atom. The molecular formula is C11H22O2S. The average molecular weight is 218 g/mol. The van der Waals surface area contributed by atoms with Crippen molar-refractivity contribution in [3.05, 3.63) is 0 Å². The van der Waals surface area contributed by atoms with Gasteiger partial charge in [0.2, 0.25) is 0 Å². The smallest absolute Gasteiger partial charge is 0.135 e. The van der Waals surface area contributed by atoms with Gasteiger partial charge in [0, 0.05) is 11.2 Å². The predicted molar refractivity (Wildman–Crippen MR) is 62.7 cm³/mol. The molecule has 0 aliphatic rings. The maximum absolute atomic E-state index is 11.4. The lowest BCUT2D eigenvalue weighted by Crippen LogP contribution is -2.37. The Kier molecular flexibility index (Phi) is 4.66. The largest absolute Gasteiger partial charge is 0.392 e. The Morgan fingerprint density at radius 2 is 1.79 bits per heavy atom. The highest BCUT2D eigenvalue weighted by Gasteiger charge is 2.36. The second kappa shape index (κ2) is 4.67. The Bertz CT molecular complexity index is 209. The number of hydrogen-bond donors (Lipinski definition) is 2. The van der Waals surface area contributed by atoms with Crippen LogP contribution in [-0.4, -0.2) is 22.7 Å². The van der Waals surface area contributed by atoms with E-state index < -0.39 is 6.10 Å². The Hall–Kier alpha value is -0.0200. The summed E-state index contributed by atoms with van der Waals surface area (Å²) in [6.45, 7) is 9.38. The van der Waals surface area contributed by atoms with Crippen molar-refractivity contribution in [3.8, 4) is 0 Å². The van der Waals surface area contributed by atoms with Crippen molar-refractivity contribution < 1.29 is 9.90 Å². The van der Waals surface area contributed by atoms with Crippen LogP contribution in [0.5, 0.6) is 0 Å². The van der Waals surface area contributed by atoms with Gasteiger partial charge in [-0.15, -0.1) is 0 Å². The van der Waals surface area contributed by atoms with Crippen LogP contribution in [0.3, 0.4) is 0 Å². The molecule has 0 bridgehead atoms. The number of aliphatic hydroxyl groups is 1. The first-order valence-electron chi connectivity index (χ1n) is 4.93. The molecule has 0 saturated carbocycles. The molecule has 3 heteroatoms. The van der Waals surface area contributed by atoms with Gasteiger partial charge in [-0.2, -0.15) is 12.6 Å². The van der Waals surface area contributed by atoms with Crippen molar-refractivity contribution in [1.29, 1.82) is 0 Å². The summed E-state index contributed by atoms with van der Waals surface area (Å²) in [5, 5.41) is 9.74. The van der Waals surface area contributed by atoms with Gasteiger partial charge in [0.25, 0.3) is 0 Å². The lowest BCUT2D eigenvalue weighted by Gasteiger charge is -2.36. The Morgan fingerprint density at radius 1 is 1.36 bits per heavy atom. The molecular weight excluding hydrogens is 196 g/mol. The summed E-state index contributed by atoms with van der Waals surface area (Å²) in [6.07, 6.45) is 0.210. The first kappa shape index (κ1) is 14.0. The molecule has 1 atom stereocenters. The minimum absolute atomic E-state index is 0.164. The molecule has 84 valence electrons. The van der Waals surface area contributed by atoms with Crippen LogP contribution in [0.4, 0.5) is 0 Å². The highest BCUT2D eigenvalue weighted by atomic mass is 32.1. The van der Waals surface area contributed by atoms with Crippen LogP contribution in [0, 0.1) is 10.8 Å². The molecule has 0 aromatic carbocycles. The van der Waals surface area contributed by atoms with E-state index in [9.17, 15) is 9.90 Å². The second-order valence-corrected chi connectivity index (χ2v) is 5.67. The summed E-state index contributed by atoms with van der Waals surface area (Å²) in [7, 11) is 0. The quantitative estimate of drug-likeness (QED) is 0.695. The van der Waals surface area contributed by atoms with Gasteiger partial charge in [-0.1, -0.05) is 27.7 Å². The van der Waals surface area contributed by atoms with Crippen molar-refractivity contribution >= 4 is 18.4 Å². The van der Waals surface area contributed by atoms with Crippen molar-refractivity contribution in [2.24, 2.45) is 10.8 Å². The molecule has 1 N–H and O–H groups in total. The number of Topliss-reactive ketones (excluding diaryl/α,β-unsaturated/α-hetero) is 1. The minimum Gasteiger partial charge on any atom is -0.392 e. The number of carbonyl (C=O) groups excluding carboxylic acids is 1. The number of carbonyl (C=O) groups is 1. The van der Waals surface area contributed by atoms with Gasteiger partial charge in [-0.05, 0) is 18.8 Å². The summed E-state index contributed by atoms with van der Waals surface area (Å²) in [4.78, 5) is 11.4. The monoisotopic (exact) mass is 218 g/mol. The normalized spacial score (nSPS) is 15.4. The summed E-state index contributed by atoms with van der Waals surface area (Å²) in [5.74, 6) is 0.595. The van der Waals surface area contributed by atoms with Gasteiger partial charge in [-0.3, -0.25) is 4.79 Å². The van der Waals surface area contributed by atoms with Crippen LogP contribution >= 0.6 is 12.6 Å². The van der Waals surface area contributed by atoms with Gasteiger partial charge in [0.1, 0.15) is 5.78 Å². The van der Waals surface area contributed by atoms with E-state index in [4.69, 9.17) is 0 Å². The molecule has 0 rings (SSSR count). The third-order valence-electron chi connectivity index (χ3n) is 2.93. The number of rotatable bonds is 5. The number of thiol groups is 1. The van der Waals surface area contributed by atoms with E-state index >= 15 is 0 Å². The Labute approximate surface area is 92.5 Å². The van der Waals surface area contributed by atoms with Gasteiger partial charge >= 0.3 is 0 Å². The minimum atomic E-state index is -0.468. The first-order valence-corrected chi connectivity index (χ1v) is 5.57. The van der Waals surface area contributed by atoms with E-state index in [1.165, 1.54) is 0 Å². The van der Waals surface area contributed by atoms with Crippen LogP contribution in [0.1, 0.15) is 41.0 Å². The maximum atomic E-state index is 11.4. The van der Waals surface area contributed by atoms with Crippen molar-refractivity contribution in [3.63, 3.8) is 0 Å². The molecule has 2 nitrogen and oxygen atoms in total. The van der Waals surface area contributed by atoms with E-state index in [0.29, 0.717) is 12.2 Å². The van der Waals surface area contributed by atoms with Gasteiger partial charge in [0.05, 0.1) is 6.10 Å². The zero-order valence-corrected chi connectivity index (χ0v) is 10.7. The van der Waals surface area contributed by atoms with E-state index in [0.717, 1.165) is 0 Å². The van der Waals surface area contributed by atoms with Crippen LogP contribution in [0.2, 0.25) is 0 Å². The van der Waals surface area contributed by atoms with E-state index in [2.05, 4.69) is 12.6 Å².